The Morgan fingerprint density at radius 1 is 1.44 bits per heavy atom. The van der Waals surface area contributed by atoms with Crippen molar-refractivity contribution in [1.29, 1.82) is 0 Å². The van der Waals surface area contributed by atoms with Crippen LogP contribution in [0.2, 0.25) is 0 Å². The lowest BCUT2D eigenvalue weighted by atomic mass is 9.49. The Bertz CT molecular complexity index is 390. The van der Waals surface area contributed by atoms with Gasteiger partial charge in [-0.2, -0.15) is 0 Å². The number of nitrogens with two attached hydrogens (primary N) is 1. The van der Waals surface area contributed by atoms with Gasteiger partial charge < -0.3 is 5.73 Å². The Morgan fingerprint density at radius 2 is 2.12 bits per heavy atom. The molecule has 0 aliphatic heterocycles. The minimum atomic E-state index is -0.149. The van der Waals surface area contributed by atoms with Gasteiger partial charge in [-0.15, -0.1) is 0 Å². The van der Waals surface area contributed by atoms with Crippen molar-refractivity contribution >= 4 is 0 Å². The molecule has 2 heteroatoms. The van der Waals surface area contributed by atoms with Crippen LogP contribution in [0.15, 0.2) is 24.3 Å². The fourth-order valence-electron chi connectivity index (χ4n) is 3.34. The van der Waals surface area contributed by atoms with Gasteiger partial charge in [0.05, 0.1) is 0 Å². The van der Waals surface area contributed by atoms with E-state index in [4.69, 9.17) is 5.73 Å². The van der Waals surface area contributed by atoms with Crippen LogP contribution in [0.3, 0.4) is 0 Å². The molecule has 4 atom stereocenters. The van der Waals surface area contributed by atoms with E-state index in [1.54, 1.807) is 12.1 Å². The van der Waals surface area contributed by atoms with Crippen LogP contribution in [0.1, 0.15) is 38.7 Å². The summed E-state index contributed by atoms with van der Waals surface area (Å²) in [5.41, 5.74) is 7.40. The molecule has 1 aromatic carbocycles. The lowest BCUT2D eigenvalue weighted by Crippen LogP contribution is -2.60. The maximum atomic E-state index is 13.2. The molecule has 0 amide bonds. The van der Waals surface area contributed by atoms with Crippen LogP contribution in [0.4, 0.5) is 4.39 Å². The van der Waals surface area contributed by atoms with Crippen LogP contribution in [0.5, 0.6) is 0 Å². The first-order valence-corrected chi connectivity index (χ1v) is 6.01. The second kappa shape index (κ2) is 3.85. The van der Waals surface area contributed by atoms with E-state index in [1.165, 1.54) is 6.07 Å². The molecule has 0 radical (unpaired) electrons. The predicted molar refractivity (Wildman–Crippen MR) is 64.7 cm³/mol. The average molecular weight is 221 g/mol. The van der Waals surface area contributed by atoms with E-state index in [0.29, 0.717) is 11.8 Å². The van der Waals surface area contributed by atoms with Crippen molar-refractivity contribution in [3.05, 3.63) is 35.6 Å². The van der Waals surface area contributed by atoms with Crippen LogP contribution in [0.25, 0.3) is 0 Å². The minimum Gasteiger partial charge on any atom is -0.327 e. The maximum absolute atomic E-state index is 13.2. The van der Waals surface area contributed by atoms with E-state index in [-0.39, 0.29) is 17.3 Å². The zero-order valence-electron chi connectivity index (χ0n) is 10.2. The average Bonchev–Trinajstić information content (AvgIpc) is 2.28. The van der Waals surface area contributed by atoms with Gasteiger partial charge in [-0.1, -0.05) is 32.9 Å². The fourth-order valence-corrected chi connectivity index (χ4v) is 3.34. The molecule has 2 N–H and O–H groups in total. The van der Waals surface area contributed by atoms with Gasteiger partial charge in [0.25, 0.3) is 0 Å². The van der Waals surface area contributed by atoms with Gasteiger partial charge in [0.1, 0.15) is 5.82 Å². The van der Waals surface area contributed by atoms with E-state index in [0.717, 1.165) is 12.0 Å². The highest BCUT2D eigenvalue weighted by Gasteiger charge is 2.54. The highest BCUT2D eigenvalue weighted by Crippen LogP contribution is 2.57. The summed E-state index contributed by atoms with van der Waals surface area (Å²) in [4.78, 5) is 0. The van der Waals surface area contributed by atoms with E-state index in [9.17, 15) is 4.39 Å². The maximum Gasteiger partial charge on any atom is 0.123 e. The van der Waals surface area contributed by atoms with Gasteiger partial charge in [0.15, 0.2) is 0 Å². The highest BCUT2D eigenvalue weighted by molar-refractivity contribution is 5.30. The van der Waals surface area contributed by atoms with Crippen molar-refractivity contribution in [3.63, 3.8) is 0 Å². The monoisotopic (exact) mass is 221 g/mol. The van der Waals surface area contributed by atoms with Crippen LogP contribution in [-0.4, -0.2) is 6.04 Å². The minimum absolute atomic E-state index is 0.118. The lowest BCUT2D eigenvalue weighted by Gasteiger charge is -2.58. The van der Waals surface area contributed by atoms with Crippen molar-refractivity contribution in [2.24, 2.45) is 17.1 Å². The standard InChI is InChI=1S/C14H20FN/c1-4-14(3)12(9(2)13(14)16)10-6-5-7-11(15)8-10/h5-9,12-13H,4,16H2,1-3H3. The van der Waals surface area contributed by atoms with Gasteiger partial charge in [-0.25, -0.2) is 4.39 Å². The fraction of sp³-hybridized carbons (Fsp3) is 0.571. The zero-order chi connectivity index (χ0) is 11.9. The van der Waals surface area contributed by atoms with E-state index >= 15 is 0 Å². The molecule has 0 saturated heterocycles. The first-order valence-electron chi connectivity index (χ1n) is 6.01. The first kappa shape index (κ1) is 11.6. The van der Waals surface area contributed by atoms with Gasteiger partial charge in [0, 0.05) is 6.04 Å². The Hall–Kier alpha value is -0.890. The predicted octanol–water partition coefficient (Wildman–Crippen LogP) is 3.30. The summed E-state index contributed by atoms with van der Waals surface area (Å²) >= 11 is 0. The third-order valence-electron chi connectivity index (χ3n) is 4.53. The summed E-state index contributed by atoms with van der Waals surface area (Å²) in [6, 6.07) is 7.18. The number of halogens is 1. The summed E-state index contributed by atoms with van der Waals surface area (Å²) < 4.78 is 13.2. The zero-order valence-corrected chi connectivity index (χ0v) is 10.2. The molecule has 1 aromatic rings. The molecule has 2 rings (SSSR count). The summed E-state index contributed by atoms with van der Waals surface area (Å²) in [5.74, 6) is 0.679. The second-order valence-electron chi connectivity index (χ2n) is 5.28. The van der Waals surface area contributed by atoms with Crippen LogP contribution in [-0.2, 0) is 0 Å². The van der Waals surface area contributed by atoms with Crippen molar-refractivity contribution in [2.45, 2.75) is 39.2 Å². The van der Waals surface area contributed by atoms with Gasteiger partial charge >= 0.3 is 0 Å². The second-order valence-corrected chi connectivity index (χ2v) is 5.28. The lowest BCUT2D eigenvalue weighted by molar-refractivity contribution is 0.00348. The molecule has 0 heterocycles. The summed E-state index contributed by atoms with van der Waals surface area (Å²) in [7, 11) is 0. The third kappa shape index (κ3) is 1.47. The van der Waals surface area contributed by atoms with Gasteiger partial charge in [-0.05, 0) is 41.4 Å². The molecular weight excluding hydrogens is 201 g/mol. The van der Waals surface area contributed by atoms with Crippen LogP contribution >= 0.6 is 0 Å². The van der Waals surface area contributed by atoms with Crippen molar-refractivity contribution in [2.75, 3.05) is 0 Å². The normalized spacial score (nSPS) is 38.2. The van der Waals surface area contributed by atoms with E-state index < -0.39 is 0 Å². The Morgan fingerprint density at radius 3 is 2.69 bits per heavy atom. The number of hydrogen-bond acceptors (Lipinski definition) is 1. The molecule has 1 fully saturated rings. The molecule has 0 aromatic heterocycles. The Balaban J connectivity index is 2.34. The van der Waals surface area contributed by atoms with Crippen LogP contribution in [0, 0.1) is 17.2 Å². The summed E-state index contributed by atoms with van der Waals surface area (Å²) in [6.45, 7) is 6.54. The molecular formula is C14H20FN. The molecule has 0 bridgehead atoms. The van der Waals surface area contributed by atoms with E-state index in [2.05, 4.69) is 20.8 Å². The molecule has 1 saturated carbocycles. The molecule has 16 heavy (non-hydrogen) atoms. The van der Waals surface area contributed by atoms with Gasteiger partial charge in [-0.3, -0.25) is 0 Å². The van der Waals surface area contributed by atoms with E-state index in [1.807, 2.05) is 6.07 Å². The molecule has 1 aliphatic carbocycles. The smallest absolute Gasteiger partial charge is 0.123 e. The molecule has 1 nitrogen and oxygen atoms in total. The number of hydrogen-bond donors (Lipinski definition) is 1. The van der Waals surface area contributed by atoms with Crippen molar-refractivity contribution in [3.8, 4) is 0 Å². The third-order valence-corrected chi connectivity index (χ3v) is 4.53. The summed E-state index contributed by atoms with van der Waals surface area (Å²) in [5, 5.41) is 0. The highest BCUT2D eigenvalue weighted by atomic mass is 19.1. The Kier molecular flexibility index (Phi) is 2.79. The summed E-state index contributed by atoms with van der Waals surface area (Å²) in [6.07, 6.45) is 1.04. The first-order chi connectivity index (χ1) is 7.50. The molecule has 1 aliphatic rings. The van der Waals surface area contributed by atoms with Gasteiger partial charge in [0.2, 0.25) is 0 Å². The van der Waals surface area contributed by atoms with Crippen molar-refractivity contribution < 1.29 is 4.39 Å². The van der Waals surface area contributed by atoms with Crippen molar-refractivity contribution in [1.82, 2.24) is 0 Å². The molecule has 0 spiro atoms. The SMILES string of the molecule is CCC1(C)C(N)C(C)C1c1cccc(F)c1. The Labute approximate surface area is 96.9 Å². The number of rotatable bonds is 2. The largest absolute Gasteiger partial charge is 0.327 e. The van der Waals surface area contributed by atoms with Crippen LogP contribution < -0.4 is 5.73 Å². The number of benzene rings is 1. The molecule has 4 unspecified atom stereocenters. The molecule has 88 valence electrons. The quantitative estimate of drug-likeness (QED) is 0.814. The topological polar surface area (TPSA) is 26.0 Å².